The maximum Gasteiger partial charge on any atom is 0.122 e. The van der Waals surface area contributed by atoms with Crippen molar-refractivity contribution in [2.45, 2.75) is 95.9 Å². The molecule has 4 aromatic carbocycles. The van der Waals surface area contributed by atoms with Crippen LogP contribution in [0.1, 0.15) is 90.5 Å². The lowest BCUT2D eigenvalue weighted by Crippen LogP contribution is -2.51. The fraction of sp³-hybridized carbons (Fsp3) is 0.415. The third-order valence-corrected chi connectivity index (χ3v) is 9.88. The minimum atomic E-state index is -0.172. The molecule has 234 valence electrons. The van der Waals surface area contributed by atoms with E-state index >= 15 is 0 Å². The average Bonchev–Trinajstić information content (AvgIpc) is 3.93. The van der Waals surface area contributed by atoms with E-state index in [1.165, 1.54) is 51.8 Å². The molecule has 1 aliphatic carbocycles. The van der Waals surface area contributed by atoms with Crippen molar-refractivity contribution in [1.29, 1.82) is 0 Å². The smallest absolute Gasteiger partial charge is 0.122 e. The highest BCUT2D eigenvalue weighted by molar-refractivity contribution is 5.44. The molecule has 0 amide bonds. The number of aryl methyl sites for hydroxylation is 1. The van der Waals surface area contributed by atoms with Gasteiger partial charge in [0.1, 0.15) is 11.9 Å². The number of hydrogen-bond acceptors (Lipinski definition) is 4. The van der Waals surface area contributed by atoms with Crippen LogP contribution in [0.2, 0.25) is 0 Å². The highest BCUT2D eigenvalue weighted by Gasteiger charge is 2.45. The van der Waals surface area contributed by atoms with Gasteiger partial charge in [-0.15, -0.1) is 0 Å². The first kappa shape index (κ1) is 30.2. The molecule has 0 aromatic heterocycles. The van der Waals surface area contributed by atoms with E-state index in [0.717, 1.165) is 38.0 Å². The lowest BCUT2D eigenvalue weighted by atomic mass is 9.82. The molecule has 4 aromatic rings. The molecule has 2 aliphatic heterocycles. The summed E-state index contributed by atoms with van der Waals surface area (Å²) in [7, 11) is 0. The first-order valence-electron chi connectivity index (χ1n) is 17.0. The van der Waals surface area contributed by atoms with Gasteiger partial charge in [0.05, 0.1) is 38.1 Å². The number of fused-ring (bicyclic) bond motifs is 1. The SMILES string of the molecule is CC[C@H]1OC(c2ccc(C3CC3)c(Cc3ccc4c(c3)CCCO4)c2)[C@H](OCc2ccccc2)[C@@H](C)[C@@H]1OCc1ccccc1. The van der Waals surface area contributed by atoms with Crippen LogP contribution in [0.25, 0.3) is 0 Å². The molecule has 1 saturated carbocycles. The molecule has 2 heterocycles. The Hall–Kier alpha value is -3.44. The predicted molar refractivity (Wildman–Crippen MR) is 179 cm³/mol. The minimum absolute atomic E-state index is 0.0162. The zero-order valence-corrected chi connectivity index (χ0v) is 26.7. The molecule has 7 rings (SSSR count). The van der Waals surface area contributed by atoms with Gasteiger partial charge in [-0.3, -0.25) is 0 Å². The lowest BCUT2D eigenvalue weighted by molar-refractivity contribution is -0.232. The van der Waals surface area contributed by atoms with Gasteiger partial charge in [0, 0.05) is 5.92 Å². The number of ether oxygens (including phenoxy) is 4. The second kappa shape index (κ2) is 13.9. The summed E-state index contributed by atoms with van der Waals surface area (Å²) in [5.74, 6) is 1.87. The summed E-state index contributed by atoms with van der Waals surface area (Å²) in [6.45, 7) is 6.43. The molecule has 0 N–H and O–H groups in total. The third kappa shape index (κ3) is 7.04. The number of benzene rings is 4. The van der Waals surface area contributed by atoms with Gasteiger partial charge in [0.2, 0.25) is 0 Å². The molecule has 0 bridgehead atoms. The van der Waals surface area contributed by atoms with E-state index in [1.54, 1.807) is 0 Å². The summed E-state index contributed by atoms with van der Waals surface area (Å²) in [6, 6.07) is 34.8. The molecule has 4 heteroatoms. The Morgan fingerprint density at radius 1 is 0.756 bits per heavy atom. The Morgan fingerprint density at radius 3 is 2.16 bits per heavy atom. The van der Waals surface area contributed by atoms with E-state index in [9.17, 15) is 0 Å². The molecule has 1 unspecified atom stereocenters. The average molecular weight is 603 g/mol. The van der Waals surface area contributed by atoms with Gasteiger partial charge < -0.3 is 18.9 Å². The van der Waals surface area contributed by atoms with Crippen LogP contribution >= 0.6 is 0 Å². The van der Waals surface area contributed by atoms with E-state index in [2.05, 4.69) is 105 Å². The van der Waals surface area contributed by atoms with Crippen molar-refractivity contribution in [2.24, 2.45) is 5.92 Å². The van der Waals surface area contributed by atoms with Crippen molar-refractivity contribution in [2.75, 3.05) is 6.61 Å². The first-order chi connectivity index (χ1) is 22.2. The molecule has 1 saturated heterocycles. The van der Waals surface area contributed by atoms with Gasteiger partial charge in [0.15, 0.2) is 0 Å². The fourth-order valence-electron chi connectivity index (χ4n) is 7.26. The van der Waals surface area contributed by atoms with Crippen molar-refractivity contribution in [3.05, 3.63) is 136 Å². The van der Waals surface area contributed by atoms with Crippen LogP contribution in [0.15, 0.2) is 97.1 Å². The predicted octanol–water partition coefficient (Wildman–Crippen LogP) is 9.14. The number of hydrogen-bond donors (Lipinski definition) is 0. The standard InChI is InChI=1S/C41H46O4/c1-3-37-39(43-26-29-11-6-4-7-12-29)28(2)40(44-27-30-13-8-5-9-14-30)41(45-37)34-19-20-36(32-17-18-32)35(25-34)24-31-16-21-38-33(23-31)15-10-22-42-38/h4-9,11-14,16,19-21,23,25,28,32,37,39-41H,3,10,15,17-18,22,24,26-27H2,1-2H3/t28-,37+,39-,40+,41?/m0/s1. The first-order valence-corrected chi connectivity index (χ1v) is 17.0. The van der Waals surface area contributed by atoms with Crippen molar-refractivity contribution in [3.8, 4) is 5.75 Å². The van der Waals surface area contributed by atoms with E-state index in [-0.39, 0.29) is 30.3 Å². The molecule has 4 nitrogen and oxygen atoms in total. The molecular formula is C41H46O4. The van der Waals surface area contributed by atoms with Crippen molar-refractivity contribution < 1.29 is 18.9 Å². The van der Waals surface area contributed by atoms with Crippen LogP contribution in [0, 0.1) is 5.92 Å². The molecule has 0 radical (unpaired) electrons. The lowest BCUT2D eigenvalue weighted by Gasteiger charge is -2.46. The summed E-state index contributed by atoms with van der Waals surface area (Å²) in [5.41, 5.74) is 9.17. The van der Waals surface area contributed by atoms with Crippen LogP contribution in [0.3, 0.4) is 0 Å². The topological polar surface area (TPSA) is 36.9 Å². The Labute approximate surface area is 268 Å². The maximum atomic E-state index is 7.02. The molecule has 2 fully saturated rings. The van der Waals surface area contributed by atoms with E-state index in [1.807, 2.05) is 6.07 Å². The zero-order chi connectivity index (χ0) is 30.6. The molecule has 3 aliphatic rings. The Balaban J connectivity index is 1.18. The summed E-state index contributed by atoms with van der Waals surface area (Å²) >= 11 is 0. The Kier molecular flexibility index (Phi) is 9.34. The van der Waals surface area contributed by atoms with Gasteiger partial charge >= 0.3 is 0 Å². The van der Waals surface area contributed by atoms with Gasteiger partial charge in [-0.2, -0.15) is 0 Å². The van der Waals surface area contributed by atoms with Gasteiger partial charge in [-0.25, -0.2) is 0 Å². The summed E-state index contributed by atoms with van der Waals surface area (Å²) in [6.07, 6.45) is 6.16. The van der Waals surface area contributed by atoms with Crippen molar-refractivity contribution >= 4 is 0 Å². The van der Waals surface area contributed by atoms with E-state index in [4.69, 9.17) is 18.9 Å². The van der Waals surface area contributed by atoms with E-state index in [0.29, 0.717) is 19.1 Å². The zero-order valence-electron chi connectivity index (χ0n) is 26.7. The molecule has 0 spiro atoms. The normalized spacial score (nSPS) is 24.5. The van der Waals surface area contributed by atoms with Crippen molar-refractivity contribution in [1.82, 2.24) is 0 Å². The van der Waals surface area contributed by atoms with Gasteiger partial charge in [-0.05, 0) is 89.5 Å². The van der Waals surface area contributed by atoms with Crippen LogP contribution in [-0.4, -0.2) is 24.9 Å². The van der Waals surface area contributed by atoms with Gasteiger partial charge in [0.25, 0.3) is 0 Å². The van der Waals surface area contributed by atoms with E-state index < -0.39 is 0 Å². The summed E-state index contributed by atoms with van der Waals surface area (Å²) < 4.78 is 26.4. The summed E-state index contributed by atoms with van der Waals surface area (Å²) in [5, 5.41) is 0. The Morgan fingerprint density at radius 2 is 1.47 bits per heavy atom. The molecule has 5 atom stereocenters. The molecule has 45 heavy (non-hydrogen) atoms. The monoisotopic (exact) mass is 602 g/mol. The molecular weight excluding hydrogens is 556 g/mol. The largest absolute Gasteiger partial charge is 0.493 e. The van der Waals surface area contributed by atoms with Crippen LogP contribution in [0.5, 0.6) is 5.75 Å². The maximum absolute atomic E-state index is 7.02. The third-order valence-electron chi connectivity index (χ3n) is 9.88. The second-order valence-corrected chi connectivity index (χ2v) is 13.2. The second-order valence-electron chi connectivity index (χ2n) is 13.2. The number of rotatable bonds is 11. The van der Waals surface area contributed by atoms with Crippen LogP contribution < -0.4 is 4.74 Å². The van der Waals surface area contributed by atoms with Crippen molar-refractivity contribution in [3.63, 3.8) is 0 Å². The summed E-state index contributed by atoms with van der Waals surface area (Å²) in [4.78, 5) is 0. The highest BCUT2D eigenvalue weighted by atomic mass is 16.6. The highest BCUT2D eigenvalue weighted by Crippen LogP contribution is 2.45. The van der Waals surface area contributed by atoms with Gasteiger partial charge in [-0.1, -0.05) is 105 Å². The Bertz CT molecular complexity index is 1550. The quantitative estimate of drug-likeness (QED) is 0.172. The van der Waals surface area contributed by atoms with Crippen LogP contribution in [0.4, 0.5) is 0 Å². The fourth-order valence-corrected chi connectivity index (χ4v) is 7.26. The minimum Gasteiger partial charge on any atom is -0.493 e. The van der Waals surface area contributed by atoms with Crippen LogP contribution in [-0.2, 0) is 40.3 Å².